The topological polar surface area (TPSA) is 32.3 Å². The minimum atomic E-state index is -0.245. The molecular weight excluding hydrogens is 376 g/mol. The molecule has 1 saturated heterocycles. The van der Waals surface area contributed by atoms with Crippen LogP contribution in [0.5, 0.6) is 0 Å². The Morgan fingerprint density at radius 1 is 0.828 bits per heavy atom. The van der Waals surface area contributed by atoms with Gasteiger partial charge in [-0.25, -0.2) is 0 Å². The molecule has 1 aliphatic rings. The van der Waals surface area contributed by atoms with Gasteiger partial charge in [0, 0.05) is 29.7 Å². The molecule has 3 aromatic rings. The molecule has 1 amide bonds. The van der Waals surface area contributed by atoms with Crippen molar-refractivity contribution in [3.05, 3.63) is 96.6 Å². The van der Waals surface area contributed by atoms with Gasteiger partial charge in [0.1, 0.15) is 5.25 Å². The molecule has 0 aliphatic carbocycles. The molecule has 3 nitrogen and oxygen atoms in total. The van der Waals surface area contributed by atoms with Gasteiger partial charge >= 0.3 is 0 Å². The Bertz CT molecular complexity index is 894. The highest BCUT2D eigenvalue weighted by Crippen LogP contribution is 2.35. The maximum absolute atomic E-state index is 13.2. The van der Waals surface area contributed by atoms with E-state index in [1.165, 1.54) is 5.69 Å². The van der Waals surface area contributed by atoms with Crippen LogP contribution in [0.3, 0.4) is 0 Å². The first-order chi connectivity index (χ1) is 14.3. The molecule has 1 atom stereocenters. The van der Waals surface area contributed by atoms with Crippen molar-refractivity contribution in [3.8, 4) is 0 Å². The monoisotopic (exact) mass is 402 g/mol. The van der Waals surface area contributed by atoms with Gasteiger partial charge in [0.2, 0.25) is 5.91 Å². The van der Waals surface area contributed by atoms with Crippen LogP contribution in [0.15, 0.2) is 95.9 Å². The lowest BCUT2D eigenvalue weighted by molar-refractivity contribution is -0.121. The number of hydrogen-bond donors (Lipinski definition) is 1. The number of amides is 1. The van der Waals surface area contributed by atoms with Crippen LogP contribution in [-0.2, 0) is 4.79 Å². The van der Waals surface area contributed by atoms with Gasteiger partial charge in [-0.15, -0.1) is 11.8 Å². The Morgan fingerprint density at radius 3 is 2.00 bits per heavy atom. The summed E-state index contributed by atoms with van der Waals surface area (Å²) in [6.07, 6.45) is 1.94. The molecule has 0 saturated carbocycles. The van der Waals surface area contributed by atoms with Gasteiger partial charge in [-0.3, -0.25) is 4.79 Å². The number of rotatable bonds is 6. The Morgan fingerprint density at radius 2 is 1.38 bits per heavy atom. The second-order valence-electron chi connectivity index (χ2n) is 7.33. The Kier molecular flexibility index (Phi) is 6.52. The van der Waals surface area contributed by atoms with E-state index in [1.807, 2.05) is 54.6 Å². The minimum Gasteiger partial charge on any atom is -0.371 e. The highest BCUT2D eigenvalue weighted by molar-refractivity contribution is 8.00. The number of anilines is 1. The van der Waals surface area contributed by atoms with Gasteiger partial charge in [-0.1, -0.05) is 66.7 Å². The summed E-state index contributed by atoms with van der Waals surface area (Å²) in [6, 6.07) is 31.0. The van der Waals surface area contributed by atoms with Crippen LogP contribution in [0.2, 0.25) is 0 Å². The fourth-order valence-corrected chi connectivity index (χ4v) is 4.79. The molecule has 1 fully saturated rings. The summed E-state index contributed by atoms with van der Waals surface area (Å²) in [5, 5.41) is 3.08. The summed E-state index contributed by atoms with van der Waals surface area (Å²) in [4.78, 5) is 16.7. The lowest BCUT2D eigenvalue weighted by Gasteiger charge is -2.34. The number of nitrogens with one attached hydrogen (secondary N) is 1. The van der Waals surface area contributed by atoms with E-state index in [0.29, 0.717) is 0 Å². The SMILES string of the molecule is O=C(NC1CCN(c2ccccc2)CC1)C(Sc1ccccc1)c1ccccc1. The van der Waals surface area contributed by atoms with E-state index >= 15 is 0 Å². The number of benzene rings is 3. The van der Waals surface area contributed by atoms with Crippen molar-refractivity contribution in [3.63, 3.8) is 0 Å². The third-order valence-electron chi connectivity index (χ3n) is 5.30. The van der Waals surface area contributed by atoms with Gasteiger partial charge in [0.15, 0.2) is 0 Å². The predicted molar refractivity (Wildman–Crippen MR) is 121 cm³/mol. The Hall–Kier alpha value is -2.72. The number of thioether (sulfide) groups is 1. The number of carbonyl (C=O) groups is 1. The van der Waals surface area contributed by atoms with E-state index in [0.717, 1.165) is 36.4 Å². The zero-order valence-corrected chi connectivity index (χ0v) is 17.2. The van der Waals surface area contributed by atoms with Crippen LogP contribution in [0.4, 0.5) is 5.69 Å². The molecule has 1 aliphatic heterocycles. The number of para-hydroxylation sites is 1. The van der Waals surface area contributed by atoms with Crippen molar-refractivity contribution in [1.29, 1.82) is 0 Å². The normalized spacial score (nSPS) is 15.7. The lowest BCUT2D eigenvalue weighted by atomic mass is 10.0. The molecule has 148 valence electrons. The molecule has 3 aromatic carbocycles. The molecule has 4 rings (SSSR count). The molecule has 0 radical (unpaired) electrons. The van der Waals surface area contributed by atoms with E-state index in [4.69, 9.17) is 0 Å². The summed E-state index contributed by atoms with van der Waals surface area (Å²) >= 11 is 1.61. The van der Waals surface area contributed by atoms with Crippen molar-refractivity contribution >= 4 is 23.4 Å². The number of nitrogens with zero attached hydrogens (tertiary/aromatic N) is 1. The molecule has 0 spiro atoms. The Balaban J connectivity index is 1.40. The van der Waals surface area contributed by atoms with Crippen LogP contribution >= 0.6 is 11.8 Å². The van der Waals surface area contributed by atoms with Gasteiger partial charge in [-0.05, 0) is 42.7 Å². The first-order valence-corrected chi connectivity index (χ1v) is 11.0. The molecule has 1 N–H and O–H groups in total. The van der Waals surface area contributed by atoms with Crippen LogP contribution in [0.25, 0.3) is 0 Å². The zero-order valence-electron chi connectivity index (χ0n) is 16.4. The zero-order chi connectivity index (χ0) is 19.9. The molecule has 1 heterocycles. The highest BCUT2D eigenvalue weighted by atomic mass is 32.2. The summed E-state index contributed by atoms with van der Waals surface area (Å²) in [5.74, 6) is 0.100. The largest absolute Gasteiger partial charge is 0.371 e. The van der Waals surface area contributed by atoms with E-state index in [9.17, 15) is 4.79 Å². The average molecular weight is 403 g/mol. The maximum Gasteiger partial charge on any atom is 0.238 e. The first kappa shape index (κ1) is 19.6. The number of hydrogen-bond acceptors (Lipinski definition) is 3. The van der Waals surface area contributed by atoms with Crippen molar-refractivity contribution in [2.45, 2.75) is 29.0 Å². The minimum absolute atomic E-state index is 0.100. The second-order valence-corrected chi connectivity index (χ2v) is 8.51. The fraction of sp³-hybridized carbons (Fsp3) is 0.240. The quantitative estimate of drug-likeness (QED) is 0.568. The highest BCUT2D eigenvalue weighted by Gasteiger charge is 2.26. The van der Waals surface area contributed by atoms with Crippen molar-refractivity contribution < 1.29 is 4.79 Å². The first-order valence-electron chi connectivity index (χ1n) is 10.2. The standard InChI is InChI=1S/C25H26N2OS/c28-25(26-21-16-18-27(19-17-21)22-12-6-2-7-13-22)24(20-10-4-1-5-11-20)29-23-14-8-3-9-15-23/h1-15,21,24H,16-19H2,(H,26,28). The van der Waals surface area contributed by atoms with E-state index in [-0.39, 0.29) is 17.2 Å². The van der Waals surface area contributed by atoms with Crippen molar-refractivity contribution in [2.24, 2.45) is 0 Å². The van der Waals surface area contributed by atoms with Gasteiger partial charge in [-0.2, -0.15) is 0 Å². The molecule has 4 heteroatoms. The average Bonchev–Trinajstić information content (AvgIpc) is 2.80. The summed E-state index contributed by atoms with van der Waals surface area (Å²) in [5.41, 5.74) is 2.31. The van der Waals surface area contributed by atoms with Gasteiger partial charge in [0.05, 0.1) is 0 Å². The van der Waals surface area contributed by atoms with Crippen LogP contribution in [0, 0.1) is 0 Å². The predicted octanol–water partition coefficient (Wildman–Crippen LogP) is 5.31. The number of carbonyl (C=O) groups excluding carboxylic acids is 1. The van der Waals surface area contributed by atoms with E-state index in [1.54, 1.807) is 11.8 Å². The van der Waals surface area contributed by atoms with E-state index in [2.05, 4.69) is 46.6 Å². The van der Waals surface area contributed by atoms with Crippen LogP contribution in [0.1, 0.15) is 23.7 Å². The van der Waals surface area contributed by atoms with Gasteiger partial charge < -0.3 is 10.2 Å². The maximum atomic E-state index is 13.2. The third-order valence-corrected chi connectivity index (χ3v) is 6.57. The fourth-order valence-electron chi connectivity index (χ4n) is 3.73. The summed E-state index contributed by atoms with van der Waals surface area (Å²) in [6.45, 7) is 1.94. The van der Waals surface area contributed by atoms with Crippen LogP contribution in [-0.4, -0.2) is 25.0 Å². The van der Waals surface area contributed by atoms with Crippen molar-refractivity contribution in [2.75, 3.05) is 18.0 Å². The van der Waals surface area contributed by atoms with Crippen LogP contribution < -0.4 is 10.2 Å². The molecule has 1 unspecified atom stereocenters. The summed E-state index contributed by atoms with van der Waals surface area (Å²) in [7, 11) is 0. The van der Waals surface area contributed by atoms with E-state index < -0.39 is 0 Å². The molecule has 29 heavy (non-hydrogen) atoms. The molecule has 0 aromatic heterocycles. The Labute approximate surface area is 177 Å². The third kappa shape index (κ3) is 5.21. The molecular formula is C25H26N2OS. The second kappa shape index (κ2) is 9.66. The number of piperidine rings is 1. The molecule has 0 bridgehead atoms. The van der Waals surface area contributed by atoms with Gasteiger partial charge in [0.25, 0.3) is 0 Å². The lowest BCUT2D eigenvalue weighted by Crippen LogP contribution is -2.45. The van der Waals surface area contributed by atoms with Crippen molar-refractivity contribution in [1.82, 2.24) is 5.32 Å². The smallest absolute Gasteiger partial charge is 0.238 e. The summed E-state index contributed by atoms with van der Waals surface area (Å²) < 4.78 is 0.